The van der Waals surface area contributed by atoms with Crippen molar-refractivity contribution >= 4 is 5.78 Å². The second kappa shape index (κ2) is 2.83. The Balaban J connectivity index is 2.61. The summed E-state index contributed by atoms with van der Waals surface area (Å²) in [7, 11) is 0. The molecule has 2 atom stereocenters. The van der Waals surface area contributed by atoms with E-state index in [1.54, 1.807) is 6.92 Å². The third-order valence-electron chi connectivity index (χ3n) is 2.20. The zero-order valence-corrected chi connectivity index (χ0v) is 6.13. The summed E-state index contributed by atoms with van der Waals surface area (Å²) in [5, 5.41) is 8.58. The second-order valence-electron chi connectivity index (χ2n) is 2.88. The average molecular weight is 137 g/mol. The van der Waals surface area contributed by atoms with E-state index in [0.717, 1.165) is 19.3 Å². The van der Waals surface area contributed by atoms with Gasteiger partial charge in [0.05, 0.1) is 12.0 Å². The fraction of sp³-hybridized carbons (Fsp3) is 0.750. The number of carbonyl (C=O) groups is 1. The van der Waals surface area contributed by atoms with E-state index in [1.807, 2.05) is 0 Å². The molecule has 10 heavy (non-hydrogen) atoms. The number of Topliss-reactive ketones (excluding diaryl/α,β-unsaturated/α-hetero) is 1. The Morgan fingerprint density at radius 2 is 2.30 bits per heavy atom. The van der Waals surface area contributed by atoms with Crippen LogP contribution in [-0.4, -0.2) is 5.78 Å². The highest BCUT2D eigenvalue weighted by molar-refractivity contribution is 5.79. The minimum Gasteiger partial charge on any atom is -0.300 e. The van der Waals surface area contributed by atoms with Crippen LogP contribution >= 0.6 is 0 Å². The first-order valence-electron chi connectivity index (χ1n) is 3.65. The number of hydrogen-bond acceptors (Lipinski definition) is 2. The lowest BCUT2D eigenvalue weighted by Crippen LogP contribution is -2.14. The first-order valence-corrected chi connectivity index (χ1v) is 3.65. The number of nitriles is 1. The minimum absolute atomic E-state index is 0.0116. The highest BCUT2D eigenvalue weighted by Crippen LogP contribution is 2.31. The van der Waals surface area contributed by atoms with Gasteiger partial charge < -0.3 is 0 Å². The van der Waals surface area contributed by atoms with Crippen molar-refractivity contribution in [3.63, 3.8) is 0 Å². The standard InChI is InChI=1S/C8H11NO/c1-6(10)8-4-2-3-7(8)5-9/h7-8H,2-4H2,1H3/t7-,8-/m0/s1. The van der Waals surface area contributed by atoms with E-state index in [0.29, 0.717) is 0 Å². The van der Waals surface area contributed by atoms with Crippen molar-refractivity contribution in [1.29, 1.82) is 5.26 Å². The maximum Gasteiger partial charge on any atom is 0.134 e. The van der Waals surface area contributed by atoms with Gasteiger partial charge in [0.1, 0.15) is 5.78 Å². The Bertz CT molecular complexity index is 180. The van der Waals surface area contributed by atoms with Crippen molar-refractivity contribution < 1.29 is 4.79 Å². The topological polar surface area (TPSA) is 40.9 Å². The molecule has 0 aromatic heterocycles. The molecule has 0 aromatic carbocycles. The van der Waals surface area contributed by atoms with Gasteiger partial charge in [-0.1, -0.05) is 6.42 Å². The summed E-state index contributed by atoms with van der Waals surface area (Å²) >= 11 is 0. The van der Waals surface area contributed by atoms with Crippen LogP contribution in [0, 0.1) is 23.2 Å². The van der Waals surface area contributed by atoms with E-state index < -0.39 is 0 Å². The molecule has 0 N–H and O–H groups in total. The molecule has 1 aliphatic carbocycles. The molecule has 0 bridgehead atoms. The molecule has 0 spiro atoms. The van der Waals surface area contributed by atoms with Gasteiger partial charge in [-0.3, -0.25) is 4.79 Å². The van der Waals surface area contributed by atoms with E-state index in [-0.39, 0.29) is 17.6 Å². The largest absolute Gasteiger partial charge is 0.300 e. The van der Waals surface area contributed by atoms with Crippen LogP contribution in [0.5, 0.6) is 0 Å². The van der Waals surface area contributed by atoms with Gasteiger partial charge in [0.15, 0.2) is 0 Å². The van der Waals surface area contributed by atoms with Crippen molar-refractivity contribution in [3.05, 3.63) is 0 Å². The molecule has 1 fully saturated rings. The molecule has 1 aliphatic rings. The molecule has 0 aromatic rings. The summed E-state index contributed by atoms with van der Waals surface area (Å²) in [5.41, 5.74) is 0. The quantitative estimate of drug-likeness (QED) is 0.549. The highest BCUT2D eigenvalue weighted by Gasteiger charge is 2.30. The Morgan fingerprint density at radius 1 is 1.60 bits per heavy atom. The Hall–Kier alpha value is -0.840. The molecule has 0 aliphatic heterocycles. The average Bonchev–Trinajstić information content (AvgIpc) is 2.33. The predicted octanol–water partition coefficient (Wildman–Crippen LogP) is 1.52. The van der Waals surface area contributed by atoms with Gasteiger partial charge in [0, 0.05) is 5.92 Å². The van der Waals surface area contributed by atoms with Gasteiger partial charge >= 0.3 is 0 Å². The van der Waals surface area contributed by atoms with Gasteiger partial charge in [0.2, 0.25) is 0 Å². The lowest BCUT2D eigenvalue weighted by Gasteiger charge is -2.06. The summed E-state index contributed by atoms with van der Waals surface area (Å²) in [5.74, 6) is 0.242. The van der Waals surface area contributed by atoms with Crippen LogP contribution in [0.4, 0.5) is 0 Å². The second-order valence-corrected chi connectivity index (χ2v) is 2.88. The molecule has 0 radical (unpaired) electrons. The summed E-state index contributed by atoms with van der Waals surface area (Å²) < 4.78 is 0. The van der Waals surface area contributed by atoms with Gasteiger partial charge in [0.25, 0.3) is 0 Å². The van der Waals surface area contributed by atoms with Gasteiger partial charge in [-0.15, -0.1) is 0 Å². The van der Waals surface area contributed by atoms with Crippen molar-refractivity contribution in [3.8, 4) is 6.07 Å². The van der Waals surface area contributed by atoms with Crippen molar-refractivity contribution in [1.82, 2.24) is 0 Å². The minimum atomic E-state index is 0.0116. The fourth-order valence-corrected chi connectivity index (χ4v) is 1.60. The van der Waals surface area contributed by atoms with E-state index in [2.05, 4.69) is 6.07 Å². The van der Waals surface area contributed by atoms with Crippen molar-refractivity contribution in [2.24, 2.45) is 11.8 Å². The molecule has 2 nitrogen and oxygen atoms in total. The van der Waals surface area contributed by atoms with Crippen LogP contribution in [0.2, 0.25) is 0 Å². The normalized spacial score (nSPS) is 31.6. The zero-order valence-electron chi connectivity index (χ0n) is 6.13. The molecule has 0 saturated heterocycles. The predicted molar refractivity (Wildman–Crippen MR) is 37.1 cm³/mol. The van der Waals surface area contributed by atoms with Crippen molar-refractivity contribution in [2.75, 3.05) is 0 Å². The van der Waals surface area contributed by atoms with E-state index >= 15 is 0 Å². The van der Waals surface area contributed by atoms with E-state index in [9.17, 15) is 4.79 Å². The van der Waals surface area contributed by atoms with Gasteiger partial charge in [-0.05, 0) is 19.8 Å². The first-order chi connectivity index (χ1) is 4.75. The highest BCUT2D eigenvalue weighted by atomic mass is 16.1. The third-order valence-corrected chi connectivity index (χ3v) is 2.20. The summed E-state index contributed by atoms with van der Waals surface area (Å²) in [6.07, 6.45) is 2.89. The SMILES string of the molecule is CC(=O)[C@@H]1CCC[C@H]1C#N. The molecule has 1 rings (SSSR count). The molecule has 2 heteroatoms. The molecule has 0 amide bonds. The number of ketones is 1. The summed E-state index contributed by atoms with van der Waals surface area (Å²) in [6.45, 7) is 1.58. The van der Waals surface area contributed by atoms with Crippen LogP contribution in [0.25, 0.3) is 0 Å². The van der Waals surface area contributed by atoms with Crippen LogP contribution < -0.4 is 0 Å². The molecule has 0 heterocycles. The Labute approximate surface area is 60.8 Å². The summed E-state index contributed by atoms with van der Waals surface area (Å²) in [6, 6.07) is 2.17. The fourth-order valence-electron chi connectivity index (χ4n) is 1.60. The molecule has 54 valence electrons. The van der Waals surface area contributed by atoms with Gasteiger partial charge in [-0.2, -0.15) is 5.26 Å². The maximum atomic E-state index is 10.9. The third kappa shape index (κ3) is 1.18. The molecular formula is C8H11NO. The molecule has 0 unspecified atom stereocenters. The zero-order chi connectivity index (χ0) is 7.56. The van der Waals surface area contributed by atoms with E-state index in [4.69, 9.17) is 5.26 Å². The van der Waals surface area contributed by atoms with E-state index in [1.165, 1.54) is 0 Å². The smallest absolute Gasteiger partial charge is 0.134 e. The molecule has 1 saturated carbocycles. The van der Waals surface area contributed by atoms with Crippen LogP contribution in [0.15, 0.2) is 0 Å². The maximum absolute atomic E-state index is 10.9. The first kappa shape index (κ1) is 7.27. The number of rotatable bonds is 1. The Morgan fingerprint density at radius 3 is 2.70 bits per heavy atom. The number of hydrogen-bond donors (Lipinski definition) is 0. The Kier molecular flexibility index (Phi) is 2.06. The summed E-state index contributed by atoms with van der Waals surface area (Å²) in [4.78, 5) is 10.9. The van der Waals surface area contributed by atoms with Crippen LogP contribution in [0.3, 0.4) is 0 Å². The number of nitrogens with zero attached hydrogens (tertiary/aromatic N) is 1. The number of carbonyl (C=O) groups excluding carboxylic acids is 1. The van der Waals surface area contributed by atoms with Crippen molar-refractivity contribution in [2.45, 2.75) is 26.2 Å². The lowest BCUT2D eigenvalue weighted by atomic mass is 9.94. The van der Waals surface area contributed by atoms with Crippen LogP contribution in [-0.2, 0) is 4.79 Å². The monoisotopic (exact) mass is 137 g/mol. The lowest BCUT2D eigenvalue weighted by molar-refractivity contribution is -0.121. The van der Waals surface area contributed by atoms with Gasteiger partial charge in [-0.25, -0.2) is 0 Å². The molecular weight excluding hydrogens is 126 g/mol. The van der Waals surface area contributed by atoms with Crippen LogP contribution in [0.1, 0.15) is 26.2 Å².